The van der Waals surface area contributed by atoms with E-state index in [0.717, 1.165) is 24.2 Å². The predicted octanol–water partition coefficient (Wildman–Crippen LogP) is 5.41. The van der Waals surface area contributed by atoms with Gasteiger partial charge in [-0.25, -0.2) is 0 Å². The monoisotopic (exact) mass is 459 g/mol. The van der Waals surface area contributed by atoms with Crippen molar-refractivity contribution in [2.45, 2.75) is 51.0 Å². The van der Waals surface area contributed by atoms with Gasteiger partial charge in [0.25, 0.3) is 5.22 Å². The van der Waals surface area contributed by atoms with Gasteiger partial charge >= 0.3 is 0 Å². The Bertz CT molecular complexity index is 974. The van der Waals surface area contributed by atoms with Crippen LogP contribution in [0.25, 0.3) is 11.5 Å². The van der Waals surface area contributed by atoms with E-state index in [1.807, 2.05) is 45.0 Å². The standard InChI is InChI=1S/C23H26ClN3O3S/c1-15(2)29-20-12-6-17(7-13-20)5-4-16(3)25-21(28)14-31-23-27-26-22(30-23)18-8-10-19(24)11-9-18/h6-13,15-16H,4-5,14H2,1-3H3,(H,25,28). The van der Waals surface area contributed by atoms with E-state index in [2.05, 4.69) is 27.6 Å². The molecule has 3 aromatic rings. The van der Waals surface area contributed by atoms with Crippen LogP contribution in [0.4, 0.5) is 0 Å². The maximum Gasteiger partial charge on any atom is 0.277 e. The van der Waals surface area contributed by atoms with Crippen molar-refractivity contribution in [1.29, 1.82) is 0 Å². The van der Waals surface area contributed by atoms with Crippen molar-refractivity contribution >= 4 is 29.3 Å². The van der Waals surface area contributed by atoms with E-state index in [-0.39, 0.29) is 23.8 Å². The molecule has 164 valence electrons. The number of hydrogen-bond acceptors (Lipinski definition) is 6. The Morgan fingerprint density at radius 1 is 1.10 bits per heavy atom. The summed E-state index contributed by atoms with van der Waals surface area (Å²) in [5.41, 5.74) is 2.00. The zero-order valence-electron chi connectivity index (χ0n) is 17.8. The molecule has 1 aromatic heterocycles. The van der Waals surface area contributed by atoms with Gasteiger partial charge in [0.1, 0.15) is 5.75 Å². The Balaban J connectivity index is 1.40. The number of nitrogens with zero attached hydrogens (tertiary/aromatic N) is 2. The van der Waals surface area contributed by atoms with E-state index in [1.165, 1.54) is 17.3 Å². The summed E-state index contributed by atoms with van der Waals surface area (Å²) in [4.78, 5) is 12.2. The van der Waals surface area contributed by atoms with Crippen LogP contribution in [0.3, 0.4) is 0 Å². The van der Waals surface area contributed by atoms with Gasteiger partial charge in [-0.05, 0) is 75.6 Å². The fourth-order valence-electron chi connectivity index (χ4n) is 2.88. The number of carbonyl (C=O) groups is 1. The van der Waals surface area contributed by atoms with Gasteiger partial charge in [-0.3, -0.25) is 4.79 Å². The molecule has 1 unspecified atom stereocenters. The molecule has 1 amide bonds. The summed E-state index contributed by atoms with van der Waals surface area (Å²) < 4.78 is 11.3. The minimum atomic E-state index is -0.0653. The first-order valence-electron chi connectivity index (χ1n) is 10.2. The molecule has 31 heavy (non-hydrogen) atoms. The van der Waals surface area contributed by atoms with Crippen LogP contribution in [0.15, 0.2) is 58.2 Å². The van der Waals surface area contributed by atoms with Crippen molar-refractivity contribution in [2.24, 2.45) is 0 Å². The van der Waals surface area contributed by atoms with E-state index in [1.54, 1.807) is 12.1 Å². The number of halogens is 1. The molecule has 0 aliphatic heterocycles. The van der Waals surface area contributed by atoms with Crippen molar-refractivity contribution in [3.05, 3.63) is 59.1 Å². The number of carbonyl (C=O) groups excluding carboxylic acids is 1. The van der Waals surface area contributed by atoms with Crippen molar-refractivity contribution in [3.8, 4) is 17.2 Å². The van der Waals surface area contributed by atoms with Crippen LogP contribution in [0.2, 0.25) is 5.02 Å². The number of hydrogen-bond donors (Lipinski definition) is 1. The zero-order valence-corrected chi connectivity index (χ0v) is 19.4. The number of amides is 1. The summed E-state index contributed by atoms with van der Waals surface area (Å²) >= 11 is 7.11. The molecule has 3 rings (SSSR count). The summed E-state index contributed by atoms with van der Waals surface area (Å²) in [5, 5.41) is 12.0. The average Bonchev–Trinajstić information content (AvgIpc) is 3.21. The van der Waals surface area contributed by atoms with E-state index in [9.17, 15) is 4.79 Å². The van der Waals surface area contributed by atoms with Crippen LogP contribution >= 0.6 is 23.4 Å². The molecule has 0 saturated carbocycles. The Morgan fingerprint density at radius 3 is 2.48 bits per heavy atom. The third-order valence-electron chi connectivity index (χ3n) is 4.39. The SMILES string of the molecule is CC(CCc1ccc(OC(C)C)cc1)NC(=O)CSc1nnc(-c2ccc(Cl)cc2)o1. The summed E-state index contributed by atoms with van der Waals surface area (Å²) in [6, 6.07) is 15.3. The Hall–Kier alpha value is -2.51. The van der Waals surface area contributed by atoms with Crippen molar-refractivity contribution in [2.75, 3.05) is 5.75 Å². The topological polar surface area (TPSA) is 77.2 Å². The van der Waals surface area contributed by atoms with E-state index < -0.39 is 0 Å². The molecule has 1 N–H and O–H groups in total. The van der Waals surface area contributed by atoms with Gasteiger partial charge in [-0.2, -0.15) is 0 Å². The number of thioether (sulfide) groups is 1. The van der Waals surface area contributed by atoms with Gasteiger partial charge in [0, 0.05) is 16.6 Å². The number of aromatic nitrogens is 2. The lowest BCUT2D eigenvalue weighted by Crippen LogP contribution is -2.34. The number of aryl methyl sites for hydroxylation is 1. The normalized spacial score (nSPS) is 12.0. The minimum Gasteiger partial charge on any atom is -0.491 e. The van der Waals surface area contributed by atoms with Crippen LogP contribution < -0.4 is 10.1 Å². The summed E-state index contributed by atoms with van der Waals surface area (Å²) in [6.45, 7) is 6.02. The first-order chi connectivity index (χ1) is 14.9. The van der Waals surface area contributed by atoms with Crippen molar-refractivity contribution in [1.82, 2.24) is 15.5 Å². The number of nitrogens with one attached hydrogen (secondary N) is 1. The second-order valence-corrected chi connectivity index (χ2v) is 8.85. The van der Waals surface area contributed by atoms with Crippen LogP contribution in [0, 0.1) is 0 Å². The Labute approximate surface area is 191 Å². The highest BCUT2D eigenvalue weighted by Crippen LogP contribution is 2.24. The van der Waals surface area contributed by atoms with Gasteiger partial charge in [-0.15, -0.1) is 10.2 Å². The maximum absolute atomic E-state index is 12.2. The van der Waals surface area contributed by atoms with Gasteiger partial charge in [-0.1, -0.05) is 35.5 Å². The Kier molecular flexibility index (Phi) is 8.37. The van der Waals surface area contributed by atoms with Gasteiger partial charge in [0.15, 0.2) is 0 Å². The lowest BCUT2D eigenvalue weighted by molar-refractivity contribution is -0.119. The Morgan fingerprint density at radius 2 is 1.81 bits per heavy atom. The van der Waals surface area contributed by atoms with Crippen LogP contribution in [0.5, 0.6) is 5.75 Å². The quantitative estimate of drug-likeness (QED) is 0.408. The third kappa shape index (κ3) is 7.60. The van der Waals surface area contributed by atoms with E-state index >= 15 is 0 Å². The van der Waals surface area contributed by atoms with Crippen molar-refractivity contribution < 1.29 is 13.9 Å². The molecule has 0 spiro atoms. The second-order valence-electron chi connectivity index (χ2n) is 7.49. The highest BCUT2D eigenvalue weighted by Gasteiger charge is 2.13. The smallest absolute Gasteiger partial charge is 0.277 e. The molecule has 8 heteroatoms. The molecular weight excluding hydrogens is 434 g/mol. The largest absolute Gasteiger partial charge is 0.491 e. The van der Waals surface area contributed by atoms with Crippen LogP contribution in [-0.2, 0) is 11.2 Å². The first kappa shape index (κ1) is 23.2. The van der Waals surface area contributed by atoms with Gasteiger partial charge in [0.2, 0.25) is 11.8 Å². The molecule has 0 bridgehead atoms. The molecule has 0 radical (unpaired) electrons. The summed E-state index contributed by atoms with van der Waals surface area (Å²) in [6.07, 6.45) is 1.89. The fraction of sp³-hybridized carbons (Fsp3) is 0.348. The first-order valence-corrected chi connectivity index (χ1v) is 11.5. The van der Waals surface area contributed by atoms with Gasteiger partial charge < -0.3 is 14.5 Å². The second kappa shape index (κ2) is 11.2. The number of ether oxygens (including phenoxy) is 1. The molecule has 2 aromatic carbocycles. The molecule has 6 nitrogen and oxygen atoms in total. The van der Waals surface area contributed by atoms with Crippen molar-refractivity contribution in [3.63, 3.8) is 0 Å². The highest BCUT2D eigenvalue weighted by molar-refractivity contribution is 7.99. The van der Waals surface area contributed by atoms with E-state index in [0.29, 0.717) is 16.1 Å². The highest BCUT2D eigenvalue weighted by atomic mass is 35.5. The summed E-state index contributed by atoms with van der Waals surface area (Å²) in [5.74, 6) is 1.42. The maximum atomic E-state index is 12.2. The van der Waals surface area contributed by atoms with Crippen LogP contribution in [-0.4, -0.2) is 34.0 Å². The number of benzene rings is 2. The third-order valence-corrected chi connectivity index (χ3v) is 5.46. The van der Waals surface area contributed by atoms with Crippen LogP contribution in [0.1, 0.15) is 32.8 Å². The molecule has 1 atom stereocenters. The van der Waals surface area contributed by atoms with Gasteiger partial charge in [0.05, 0.1) is 11.9 Å². The predicted molar refractivity (Wildman–Crippen MR) is 124 cm³/mol. The molecule has 0 fully saturated rings. The molecule has 1 heterocycles. The summed E-state index contributed by atoms with van der Waals surface area (Å²) in [7, 11) is 0. The zero-order chi connectivity index (χ0) is 22.2. The fourth-order valence-corrected chi connectivity index (χ4v) is 3.58. The lowest BCUT2D eigenvalue weighted by atomic mass is 10.1. The van der Waals surface area contributed by atoms with E-state index in [4.69, 9.17) is 20.8 Å². The number of rotatable bonds is 10. The molecule has 0 aliphatic rings. The minimum absolute atomic E-state index is 0.0620. The molecule has 0 saturated heterocycles. The molecular formula is C23H26ClN3O3S. The average molecular weight is 460 g/mol. The lowest BCUT2D eigenvalue weighted by Gasteiger charge is -2.14. The molecule has 0 aliphatic carbocycles.